The molecule has 5 nitrogen and oxygen atoms in total. The number of aryl methyl sites for hydroxylation is 1. The van der Waals surface area contributed by atoms with Gasteiger partial charge in [0.25, 0.3) is 0 Å². The molecule has 1 unspecified atom stereocenters. The average molecular weight is 395 g/mol. The molecule has 3 aromatic carbocycles. The molecule has 1 amide bonds. The highest BCUT2D eigenvalue weighted by Gasteiger charge is 2.21. The Hall–Kier alpha value is -3.86. The highest BCUT2D eigenvalue weighted by molar-refractivity contribution is 5.80. The summed E-state index contributed by atoms with van der Waals surface area (Å²) in [4.78, 5) is 17.3. The van der Waals surface area contributed by atoms with E-state index in [1.165, 1.54) is 0 Å². The molecule has 0 fully saturated rings. The molecule has 1 N–H and O–H groups in total. The minimum atomic E-state index is -0.342. The van der Waals surface area contributed by atoms with Gasteiger partial charge in [0, 0.05) is 18.4 Å². The van der Waals surface area contributed by atoms with Gasteiger partial charge in [0.1, 0.15) is 17.4 Å². The lowest BCUT2D eigenvalue weighted by Gasteiger charge is -2.17. The third kappa shape index (κ3) is 3.57. The number of hydrogen-bond donors (Lipinski definition) is 1. The van der Waals surface area contributed by atoms with Crippen LogP contribution in [0.5, 0.6) is 0 Å². The summed E-state index contributed by atoms with van der Waals surface area (Å²) in [5.41, 5.74) is 3.76. The van der Waals surface area contributed by atoms with Crippen LogP contribution in [0.15, 0.2) is 95.7 Å². The van der Waals surface area contributed by atoms with Crippen LogP contribution >= 0.6 is 0 Å². The van der Waals surface area contributed by atoms with Gasteiger partial charge in [-0.25, -0.2) is 4.98 Å². The van der Waals surface area contributed by atoms with Gasteiger partial charge in [0.05, 0.1) is 17.4 Å². The topological polar surface area (TPSA) is 60.1 Å². The number of fused-ring (bicyclic) bond motifs is 2. The number of amides is 1. The maximum atomic E-state index is 12.9. The SMILES string of the molecule is O=C(CCn1cnc2ccccc21)NC(c1ccccc1)c1cc2ccccc2o1. The van der Waals surface area contributed by atoms with Crippen molar-refractivity contribution in [2.75, 3.05) is 0 Å². The molecular weight excluding hydrogens is 374 g/mol. The van der Waals surface area contributed by atoms with Crippen molar-refractivity contribution in [1.82, 2.24) is 14.9 Å². The summed E-state index contributed by atoms with van der Waals surface area (Å²) in [6.45, 7) is 0.563. The Balaban J connectivity index is 1.37. The number of hydrogen-bond acceptors (Lipinski definition) is 3. The number of benzene rings is 3. The molecule has 0 radical (unpaired) electrons. The Bertz CT molecular complexity index is 1270. The molecular formula is C25H21N3O2. The predicted octanol–water partition coefficient (Wildman–Crippen LogP) is 5.08. The zero-order chi connectivity index (χ0) is 20.3. The van der Waals surface area contributed by atoms with Gasteiger partial charge in [-0.15, -0.1) is 0 Å². The van der Waals surface area contributed by atoms with E-state index in [0.29, 0.717) is 13.0 Å². The Morgan fingerprint density at radius 1 is 0.967 bits per heavy atom. The van der Waals surface area contributed by atoms with E-state index in [4.69, 9.17) is 4.42 Å². The van der Waals surface area contributed by atoms with Crippen LogP contribution in [-0.2, 0) is 11.3 Å². The zero-order valence-corrected chi connectivity index (χ0v) is 16.4. The van der Waals surface area contributed by atoms with Crippen molar-refractivity contribution in [3.05, 3.63) is 103 Å². The molecule has 2 heterocycles. The highest BCUT2D eigenvalue weighted by atomic mass is 16.3. The van der Waals surface area contributed by atoms with Crippen molar-refractivity contribution >= 4 is 27.9 Å². The monoisotopic (exact) mass is 395 g/mol. The van der Waals surface area contributed by atoms with E-state index in [1.807, 2.05) is 89.5 Å². The van der Waals surface area contributed by atoms with Crippen molar-refractivity contribution < 1.29 is 9.21 Å². The zero-order valence-electron chi connectivity index (χ0n) is 16.4. The van der Waals surface area contributed by atoms with Crippen LogP contribution in [-0.4, -0.2) is 15.5 Å². The summed E-state index contributed by atoms with van der Waals surface area (Å²) in [5, 5.41) is 4.18. The van der Waals surface area contributed by atoms with Crippen LogP contribution in [0.2, 0.25) is 0 Å². The first-order valence-corrected chi connectivity index (χ1v) is 10.0. The van der Waals surface area contributed by atoms with Gasteiger partial charge in [-0.05, 0) is 29.8 Å². The number of carbonyl (C=O) groups excluding carboxylic acids is 1. The van der Waals surface area contributed by atoms with Crippen LogP contribution in [0.4, 0.5) is 0 Å². The largest absolute Gasteiger partial charge is 0.459 e. The van der Waals surface area contributed by atoms with Crippen LogP contribution in [0.3, 0.4) is 0 Å². The highest BCUT2D eigenvalue weighted by Crippen LogP contribution is 2.28. The van der Waals surface area contributed by atoms with Gasteiger partial charge in [-0.3, -0.25) is 4.79 Å². The van der Waals surface area contributed by atoms with E-state index in [2.05, 4.69) is 10.3 Å². The Morgan fingerprint density at radius 3 is 2.60 bits per heavy atom. The van der Waals surface area contributed by atoms with E-state index >= 15 is 0 Å². The van der Waals surface area contributed by atoms with Crippen molar-refractivity contribution in [1.29, 1.82) is 0 Å². The molecule has 5 aromatic rings. The number of furan rings is 1. The fraction of sp³-hybridized carbons (Fsp3) is 0.120. The van der Waals surface area contributed by atoms with Gasteiger partial charge in [0.15, 0.2) is 0 Å². The second-order valence-electron chi connectivity index (χ2n) is 7.27. The molecule has 5 rings (SSSR count). The lowest BCUT2D eigenvalue weighted by molar-refractivity contribution is -0.121. The molecule has 0 saturated carbocycles. The number of carbonyl (C=O) groups is 1. The number of nitrogens with one attached hydrogen (secondary N) is 1. The number of aromatic nitrogens is 2. The average Bonchev–Trinajstić information content (AvgIpc) is 3.40. The molecule has 0 bridgehead atoms. The number of nitrogens with zero attached hydrogens (tertiary/aromatic N) is 2. The summed E-state index contributed by atoms with van der Waals surface area (Å²) in [6.07, 6.45) is 2.13. The quantitative estimate of drug-likeness (QED) is 0.436. The molecule has 0 aliphatic rings. The van der Waals surface area contributed by atoms with Crippen molar-refractivity contribution in [3.63, 3.8) is 0 Å². The fourth-order valence-corrected chi connectivity index (χ4v) is 3.75. The normalized spacial score (nSPS) is 12.3. The first-order valence-electron chi connectivity index (χ1n) is 10.0. The van der Waals surface area contributed by atoms with Crippen molar-refractivity contribution in [3.8, 4) is 0 Å². The predicted molar refractivity (Wildman–Crippen MR) is 117 cm³/mol. The first kappa shape index (κ1) is 18.2. The summed E-state index contributed by atoms with van der Waals surface area (Å²) < 4.78 is 8.07. The lowest BCUT2D eigenvalue weighted by Crippen LogP contribution is -2.29. The van der Waals surface area contributed by atoms with Crippen molar-refractivity contribution in [2.24, 2.45) is 0 Å². The summed E-state index contributed by atoms with van der Waals surface area (Å²) in [6, 6.07) is 27.4. The second kappa shape index (κ2) is 7.87. The molecule has 30 heavy (non-hydrogen) atoms. The maximum Gasteiger partial charge on any atom is 0.222 e. The van der Waals surface area contributed by atoms with E-state index in [-0.39, 0.29) is 11.9 Å². The number of para-hydroxylation sites is 3. The smallest absolute Gasteiger partial charge is 0.222 e. The maximum absolute atomic E-state index is 12.9. The molecule has 0 aliphatic heterocycles. The molecule has 0 saturated heterocycles. The standard InChI is InChI=1S/C25H21N3O2/c29-24(14-15-28-17-26-20-11-5-6-12-21(20)28)27-25(18-8-2-1-3-9-18)23-16-19-10-4-7-13-22(19)30-23/h1-13,16-17,25H,14-15H2,(H,27,29). The minimum absolute atomic E-state index is 0.0397. The Morgan fingerprint density at radius 2 is 1.73 bits per heavy atom. The molecule has 2 aromatic heterocycles. The Labute approximate surface area is 174 Å². The third-order valence-electron chi connectivity index (χ3n) is 5.27. The van der Waals surface area contributed by atoms with Gasteiger partial charge >= 0.3 is 0 Å². The second-order valence-corrected chi connectivity index (χ2v) is 7.27. The van der Waals surface area contributed by atoms with Gasteiger partial charge in [-0.2, -0.15) is 0 Å². The summed E-state index contributed by atoms with van der Waals surface area (Å²) in [5.74, 6) is 0.686. The van der Waals surface area contributed by atoms with E-state index < -0.39 is 0 Å². The van der Waals surface area contributed by atoms with E-state index in [9.17, 15) is 4.79 Å². The van der Waals surface area contributed by atoms with E-state index in [1.54, 1.807) is 6.33 Å². The van der Waals surface area contributed by atoms with Gasteiger partial charge in [-0.1, -0.05) is 60.7 Å². The van der Waals surface area contributed by atoms with Crippen molar-refractivity contribution in [2.45, 2.75) is 19.0 Å². The van der Waals surface area contributed by atoms with Gasteiger partial charge < -0.3 is 14.3 Å². The summed E-state index contributed by atoms with van der Waals surface area (Å²) in [7, 11) is 0. The van der Waals surface area contributed by atoms with Gasteiger partial charge in [0.2, 0.25) is 5.91 Å². The van der Waals surface area contributed by atoms with E-state index in [0.717, 1.165) is 33.3 Å². The molecule has 0 spiro atoms. The molecule has 148 valence electrons. The van der Waals surface area contributed by atoms with Crippen LogP contribution in [0.25, 0.3) is 22.0 Å². The fourth-order valence-electron chi connectivity index (χ4n) is 3.75. The molecule has 0 aliphatic carbocycles. The first-order chi connectivity index (χ1) is 14.8. The van der Waals surface area contributed by atoms with Crippen LogP contribution in [0, 0.1) is 0 Å². The third-order valence-corrected chi connectivity index (χ3v) is 5.27. The Kier molecular flexibility index (Phi) is 4.77. The summed E-state index contributed by atoms with van der Waals surface area (Å²) >= 11 is 0. The number of imidazole rings is 1. The number of rotatable bonds is 6. The molecule has 5 heteroatoms. The van der Waals surface area contributed by atoms with Crippen LogP contribution in [0.1, 0.15) is 23.8 Å². The molecule has 1 atom stereocenters. The van der Waals surface area contributed by atoms with Crippen LogP contribution < -0.4 is 5.32 Å². The lowest BCUT2D eigenvalue weighted by atomic mass is 10.0. The minimum Gasteiger partial charge on any atom is -0.459 e.